The van der Waals surface area contributed by atoms with Gasteiger partial charge in [-0.15, -0.1) is 10.2 Å². The van der Waals surface area contributed by atoms with Gasteiger partial charge in [-0.25, -0.2) is 0 Å². The first kappa shape index (κ1) is 18.8. The molecule has 0 bridgehead atoms. The SMILES string of the molecule is CNC(=O)CSc1nnc(-c2ccc(OC)cc2)n1-c1ccc(OC)cc1. The number of carbonyl (C=O) groups is 1. The van der Waals surface area contributed by atoms with E-state index in [2.05, 4.69) is 15.5 Å². The molecule has 0 aliphatic heterocycles. The lowest BCUT2D eigenvalue weighted by Gasteiger charge is -2.11. The van der Waals surface area contributed by atoms with Crippen molar-refractivity contribution in [1.82, 2.24) is 20.1 Å². The molecule has 1 N–H and O–H groups in total. The molecule has 3 aromatic rings. The summed E-state index contributed by atoms with van der Waals surface area (Å²) >= 11 is 1.33. The number of thioether (sulfide) groups is 1. The number of benzene rings is 2. The van der Waals surface area contributed by atoms with Crippen LogP contribution in [0.3, 0.4) is 0 Å². The first-order valence-corrected chi connectivity index (χ1v) is 9.22. The Labute approximate surface area is 161 Å². The van der Waals surface area contributed by atoms with E-state index in [0.717, 1.165) is 22.7 Å². The van der Waals surface area contributed by atoms with Gasteiger partial charge in [0.1, 0.15) is 11.5 Å². The molecular formula is C19H20N4O3S. The van der Waals surface area contributed by atoms with Gasteiger partial charge in [0.15, 0.2) is 11.0 Å². The number of aromatic nitrogens is 3. The molecule has 2 aromatic carbocycles. The summed E-state index contributed by atoms with van der Waals surface area (Å²) in [5.74, 6) is 2.39. The molecule has 0 saturated heterocycles. The Balaban J connectivity index is 2.03. The molecule has 27 heavy (non-hydrogen) atoms. The van der Waals surface area contributed by atoms with Gasteiger partial charge in [-0.2, -0.15) is 0 Å². The molecule has 0 aliphatic carbocycles. The fraction of sp³-hybridized carbons (Fsp3) is 0.211. The fourth-order valence-electron chi connectivity index (χ4n) is 2.46. The van der Waals surface area contributed by atoms with Crippen molar-refractivity contribution >= 4 is 17.7 Å². The monoisotopic (exact) mass is 384 g/mol. The highest BCUT2D eigenvalue weighted by atomic mass is 32.2. The van der Waals surface area contributed by atoms with Gasteiger partial charge in [-0.1, -0.05) is 11.8 Å². The van der Waals surface area contributed by atoms with Gasteiger partial charge in [0.2, 0.25) is 5.91 Å². The lowest BCUT2D eigenvalue weighted by molar-refractivity contribution is -0.118. The molecule has 1 heterocycles. The Morgan fingerprint density at radius 2 is 1.59 bits per heavy atom. The molecule has 3 rings (SSSR count). The number of hydrogen-bond donors (Lipinski definition) is 1. The van der Waals surface area contributed by atoms with Crippen LogP contribution in [0.2, 0.25) is 0 Å². The number of rotatable bonds is 7. The van der Waals surface area contributed by atoms with Crippen molar-refractivity contribution < 1.29 is 14.3 Å². The Bertz CT molecular complexity index is 908. The maximum Gasteiger partial charge on any atom is 0.230 e. The van der Waals surface area contributed by atoms with Crippen molar-refractivity contribution in [3.63, 3.8) is 0 Å². The summed E-state index contributed by atoms with van der Waals surface area (Å²) in [5, 5.41) is 11.9. The molecule has 1 amide bonds. The van der Waals surface area contributed by atoms with Crippen LogP contribution in [0.15, 0.2) is 53.7 Å². The summed E-state index contributed by atoms with van der Waals surface area (Å²) < 4.78 is 12.4. The quantitative estimate of drug-likeness (QED) is 0.631. The highest BCUT2D eigenvalue weighted by Crippen LogP contribution is 2.29. The van der Waals surface area contributed by atoms with Crippen LogP contribution >= 0.6 is 11.8 Å². The summed E-state index contributed by atoms with van der Waals surface area (Å²) in [4.78, 5) is 11.6. The molecule has 0 fully saturated rings. The molecule has 0 atom stereocenters. The molecular weight excluding hydrogens is 364 g/mol. The third-order valence-electron chi connectivity index (χ3n) is 3.92. The highest BCUT2D eigenvalue weighted by Gasteiger charge is 2.17. The minimum Gasteiger partial charge on any atom is -0.497 e. The number of nitrogens with zero attached hydrogens (tertiary/aromatic N) is 3. The van der Waals surface area contributed by atoms with Crippen LogP contribution in [0.5, 0.6) is 11.5 Å². The average molecular weight is 384 g/mol. The third kappa shape index (κ3) is 4.22. The normalized spacial score (nSPS) is 10.5. The molecule has 0 saturated carbocycles. The van der Waals surface area contributed by atoms with Crippen molar-refractivity contribution in [3.05, 3.63) is 48.5 Å². The van der Waals surface area contributed by atoms with E-state index in [1.54, 1.807) is 21.3 Å². The molecule has 0 aliphatic rings. The predicted octanol–water partition coefficient (Wildman–Crippen LogP) is 2.79. The van der Waals surface area contributed by atoms with Gasteiger partial charge in [-0.05, 0) is 48.5 Å². The van der Waals surface area contributed by atoms with E-state index in [4.69, 9.17) is 9.47 Å². The van der Waals surface area contributed by atoms with E-state index in [1.807, 2.05) is 53.1 Å². The van der Waals surface area contributed by atoms with Crippen LogP contribution in [-0.4, -0.2) is 47.7 Å². The van der Waals surface area contributed by atoms with Gasteiger partial charge in [-0.3, -0.25) is 9.36 Å². The zero-order chi connectivity index (χ0) is 19.2. The fourth-order valence-corrected chi connectivity index (χ4v) is 3.28. The maximum atomic E-state index is 11.6. The topological polar surface area (TPSA) is 78.3 Å². The number of hydrogen-bond acceptors (Lipinski definition) is 6. The number of ether oxygens (including phenoxy) is 2. The molecule has 1 aromatic heterocycles. The third-order valence-corrected chi connectivity index (χ3v) is 4.85. The van der Waals surface area contributed by atoms with Gasteiger partial charge < -0.3 is 14.8 Å². The number of nitrogens with one attached hydrogen (secondary N) is 1. The minimum absolute atomic E-state index is 0.0738. The Morgan fingerprint density at radius 1 is 1.00 bits per heavy atom. The second-order valence-corrected chi connectivity index (χ2v) is 6.47. The lowest BCUT2D eigenvalue weighted by Crippen LogP contribution is -2.20. The summed E-state index contributed by atoms with van der Waals surface area (Å²) in [5.41, 5.74) is 1.77. The van der Waals surface area contributed by atoms with Crippen molar-refractivity contribution in [2.75, 3.05) is 27.0 Å². The maximum absolute atomic E-state index is 11.6. The zero-order valence-electron chi connectivity index (χ0n) is 15.3. The first-order chi connectivity index (χ1) is 13.2. The Kier molecular flexibility index (Phi) is 5.97. The van der Waals surface area contributed by atoms with Crippen LogP contribution < -0.4 is 14.8 Å². The van der Waals surface area contributed by atoms with E-state index in [-0.39, 0.29) is 11.7 Å². The molecule has 0 unspecified atom stereocenters. The molecule has 0 spiro atoms. The molecule has 8 heteroatoms. The van der Waals surface area contributed by atoms with Crippen LogP contribution in [0.25, 0.3) is 17.1 Å². The largest absolute Gasteiger partial charge is 0.497 e. The average Bonchev–Trinajstić information content (AvgIpc) is 3.16. The lowest BCUT2D eigenvalue weighted by atomic mass is 10.2. The minimum atomic E-state index is -0.0738. The number of methoxy groups -OCH3 is 2. The molecule has 7 nitrogen and oxygen atoms in total. The van der Waals surface area contributed by atoms with Crippen molar-refractivity contribution in [1.29, 1.82) is 0 Å². The predicted molar refractivity (Wildman–Crippen MR) is 105 cm³/mol. The van der Waals surface area contributed by atoms with Crippen molar-refractivity contribution in [2.45, 2.75) is 5.16 Å². The first-order valence-electron chi connectivity index (χ1n) is 8.24. The highest BCUT2D eigenvalue weighted by molar-refractivity contribution is 7.99. The molecule has 0 radical (unpaired) electrons. The van der Waals surface area contributed by atoms with Crippen LogP contribution in [0.1, 0.15) is 0 Å². The zero-order valence-corrected chi connectivity index (χ0v) is 16.1. The van der Waals surface area contributed by atoms with Gasteiger partial charge in [0.05, 0.1) is 20.0 Å². The van der Waals surface area contributed by atoms with E-state index in [0.29, 0.717) is 11.0 Å². The van der Waals surface area contributed by atoms with E-state index >= 15 is 0 Å². The standard InChI is InChI=1S/C19H20N4O3S/c1-20-17(24)12-27-19-22-21-18(13-4-8-15(25-2)9-5-13)23(19)14-6-10-16(26-3)11-7-14/h4-11H,12H2,1-3H3,(H,20,24). The van der Waals surface area contributed by atoms with Crippen LogP contribution in [0.4, 0.5) is 0 Å². The van der Waals surface area contributed by atoms with Gasteiger partial charge in [0, 0.05) is 18.3 Å². The second-order valence-electron chi connectivity index (χ2n) is 5.53. The smallest absolute Gasteiger partial charge is 0.230 e. The summed E-state index contributed by atoms with van der Waals surface area (Å²) in [6.45, 7) is 0. The second kappa shape index (κ2) is 8.59. The van der Waals surface area contributed by atoms with E-state index < -0.39 is 0 Å². The Morgan fingerprint density at radius 3 is 2.15 bits per heavy atom. The van der Waals surface area contributed by atoms with Crippen LogP contribution in [0, 0.1) is 0 Å². The number of carbonyl (C=O) groups excluding carboxylic acids is 1. The van der Waals surface area contributed by atoms with Crippen molar-refractivity contribution in [2.24, 2.45) is 0 Å². The van der Waals surface area contributed by atoms with Crippen LogP contribution in [-0.2, 0) is 4.79 Å². The summed E-state index contributed by atoms with van der Waals surface area (Å²) in [6, 6.07) is 15.2. The van der Waals surface area contributed by atoms with E-state index in [9.17, 15) is 4.79 Å². The molecule has 140 valence electrons. The van der Waals surface area contributed by atoms with E-state index in [1.165, 1.54) is 11.8 Å². The van der Waals surface area contributed by atoms with Crippen molar-refractivity contribution in [3.8, 4) is 28.6 Å². The summed E-state index contributed by atoms with van der Waals surface area (Å²) in [7, 11) is 4.86. The van der Waals surface area contributed by atoms with Gasteiger partial charge in [0.25, 0.3) is 0 Å². The van der Waals surface area contributed by atoms with Gasteiger partial charge >= 0.3 is 0 Å². The number of amides is 1. The Hall–Kier alpha value is -3.00. The summed E-state index contributed by atoms with van der Waals surface area (Å²) in [6.07, 6.45) is 0.